The summed E-state index contributed by atoms with van der Waals surface area (Å²) in [4.78, 5) is 0. The van der Waals surface area contributed by atoms with E-state index in [9.17, 15) is 0 Å². The van der Waals surface area contributed by atoms with E-state index in [0.717, 1.165) is 13.0 Å². The predicted molar refractivity (Wildman–Crippen MR) is 35.8 cm³/mol. The number of hydrogen-bond donors (Lipinski definition) is 1. The molecule has 46 valence electrons. The summed E-state index contributed by atoms with van der Waals surface area (Å²) in [6.07, 6.45) is 5.56. The van der Waals surface area contributed by atoms with Gasteiger partial charge in [0.2, 0.25) is 0 Å². The van der Waals surface area contributed by atoms with Crippen molar-refractivity contribution in [1.82, 2.24) is 5.32 Å². The van der Waals surface area contributed by atoms with E-state index in [1.54, 1.807) is 0 Å². The molecule has 1 aliphatic heterocycles. The Hall–Kier alpha value is -0.300. The van der Waals surface area contributed by atoms with Crippen molar-refractivity contribution in [3.05, 3.63) is 12.2 Å². The maximum atomic E-state index is 3.37. The first-order chi connectivity index (χ1) is 3.71. The fourth-order valence-corrected chi connectivity index (χ4v) is 0.869. The lowest BCUT2D eigenvalue weighted by molar-refractivity contribution is 0.399. The monoisotopic (exact) mass is 111 g/mol. The molecule has 1 heteroatoms. The quantitative estimate of drug-likeness (QED) is 0.465. The second kappa shape index (κ2) is 1.90. The van der Waals surface area contributed by atoms with Gasteiger partial charge in [-0.05, 0) is 20.3 Å². The fraction of sp³-hybridized carbons (Fsp3) is 0.714. The van der Waals surface area contributed by atoms with E-state index in [1.165, 1.54) is 0 Å². The average molecular weight is 111 g/mol. The zero-order valence-corrected chi connectivity index (χ0v) is 5.57. The van der Waals surface area contributed by atoms with Crippen LogP contribution in [-0.4, -0.2) is 12.1 Å². The van der Waals surface area contributed by atoms with E-state index < -0.39 is 0 Å². The van der Waals surface area contributed by atoms with E-state index in [2.05, 4.69) is 31.3 Å². The van der Waals surface area contributed by atoms with Crippen LogP contribution in [0.25, 0.3) is 0 Å². The van der Waals surface area contributed by atoms with E-state index >= 15 is 0 Å². The van der Waals surface area contributed by atoms with Crippen molar-refractivity contribution in [3.63, 3.8) is 0 Å². The molecule has 0 amide bonds. The maximum absolute atomic E-state index is 3.37. The van der Waals surface area contributed by atoms with Gasteiger partial charge in [-0.25, -0.2) is 0 Å². The van der Waals surface area contributed by atoms with Crippen LogP contribution >= 0.6 is 0 Å². The van der Waals surface area contributed by atoms with Gasteiger partial charge >= 0.3 is 0 Å². The number of hydrogen-bond acceptors (Lipinski definition) is 1. The van der Waals surface area contributed by atoms with Crippen molar-refractivity contribution >= 4 is 0 Å². The minimum absolute atomic E-state index is 0.342. The first-order valence-corrected chi connectivity index (χ1v) is 3.11. The summed E-state index contributed by atoms with van der Waals surface area (Å²) in [6, 6.07) is 0. The summed E-state index contributed by atoms with van der Waals surface area (Å²) < 4.78 is 0. The minimum atomic E-state index is 0.342. The molecule has 0 fully saturated rings. The summed E-state index contributed by atoms with van der Waals surface area (Å²) in [6.45, 7) is 5.47. The topological polar surface area (TPSA) is 12.0 Å². The van der Waals surface area contributed by atoms with Crippen LogP contribution in [0.15, 0.2) is 12.2 Å². The molecule has 1 aliphatic rings. The molecule has 0 aromatic carbocycles. The fourth-order valence-electron chi connectivity index (χ4n) is 0.869. The lowest BCUT2D eigenvalue weighted by Gasteiger charge is -2.26. The molecule has 0 radical (unpaired) electrons. The third-order valence-corrected chi connectivity index (χ3v) is 1.49. The maximum Gasteiger partial charge on any atom is 0.0162 e. The van der Waals surface area contributed by atoms with Crippen molar-refractivity contribution in [2.45, 2.75) is 25.8 Å². The second-order valence-electron chi connectivity index (χ2n) is 2.94. The van der Waals surface area contributed by atoms with Crippen LogP contribution in [0.1, 0.15) is 20.3 Å². The van der Waals surface area contributed by atoms with Crippen LogP contribution in [0.2, 0.25) is 0 Å². The van der Waals surface area contributed by atoms with Crippen molar-refractivity contribution in [2.24, 2.45) is 0 Å². The van der Waals surface area contributed by atoms with Crippen LogP contribution < -0.4 is 5.32 Å². The van der Waals surface area contributed by atoms with Crippen LogP contribution in [-0.2, 0) is 0 Å². The van der Waals surface area contributed by atoms with Crippen molar-refractivity contribution in [1.29, 1.82) is 0 Å². The van der Waals surface area contributed by atoms with Gasteiger partial charge in [0.05, 0.1) is 0 Å². The molecule has 0 aromatic heterocycles. The van der Waals surface area contributed by atoms with Gasteiger partial charge in [-0.15, -0.1) is 0 Å². The van der Waals surface area contributed by atoms with Crippen LogP contribution in [0, 0.1) is 0 Å². The first kappa shape index (κ1) is 5.83. The standard InChI is InChI=1S/C7H13N/c1-7(2)5-3-4-6-8-7/h3-4,8H,5-6H2,1-2H3. The normalized spacial score (nSPS) is 25.8. The van der Waals surface area contributed by atoms with Gasteiger partial charge in [0.1, 0.15) is 0 Å². The molecule has 0 saturated carbocycles. The molecule has 0 unspecified atom stereocenters. The van der Waals surface area contributed by atoms with E-state index in [-0.39, 0.29) is 0 Å². The Balaban J connectivity index is 2.50. The van der Waals surface area contributed by atoms with Crippen LogP contribution in [0.3, 0.4) is 0 Å². The Morgan fingerprint density at radius 1 is 1.38 bits per heavy atom. The molecule has 0 bridgehead atoms. The average Bonchev–Trinajstić information content (AvgIpc) is 1.65. The smallest absolute Gasteiger partial charge is 0.0162 e. The summed E-state index contributed by atoms with van der Waals surface area (Å²) in [5, 5.41) is 3.37. The number of nitrogens with one attached hydrogen (secondary N) is 1. The predicted octanol–water partition coefficient (Wildman–Crippen LogP) is 1.31. The molecular formula is C7H13N. The molecule has 1 nitrogen and oxygen atoms in total. The molecule has 0 atom stereocenters. The summed E-state index contributed by atoms with van der Waals surface area (Å²) in [5.41, 5.74) is 0.342. The van der Waals surface area contributed by atoms with Gasteiger partial charge in [-0.1, -0.05) is 12.2 Å². The molecule has 1 rings (SSSR count). The minimum Gasteiger partial charge on any atom is -0.308 e. The van der Waals surface area contributed by atoms with Gasteiger partial charge in [0.15, 0.2) is 0 Å². The van der Waals surface area contributed by atoms with E-state index in [4.69, 9.17) is 0 Å². The summed E-state index contributed by atoms with van der Waals surface area (Å²) in [7, 11) is 0. The number of rotatable bonds is 0. The highest BCUT2D eigenvalue weighted by atomic mass is 14.9. The molecule has 1 heterocycles. The Morgan fingerprint density at radius 3 is 2.38 bits per heavy atom. The van der Waals surface area contributed by atoms with Crippen LogP contribution in [0.4, 0.5) is 0 Å². The Labute approximate surface area is 50.8 Å². The lowest BCUT2D eigenvalue weighted by Crippen LogP contribution is -2.40. The van der Waals surface area contributed by atoms with Gasteiger partial charge < -0.3 is 5.32 Å². The summed E-state index contributed by atoms with van der Waals surface area (Å²) in [5.74, 6) is 0. The lowest BCUT2D eigenvalue weighted by atomic mass is 9.98. The van der Waals surface area contributed by atoms with Crippen molar-refractivity contribution in [2.75, 3.05) is 6.54 Å². The van der Waals surface area contributed by atoms with Gasteiger partial charge in [0.25, 0.3) is 0 Å². The molecule has 0 aliphatic carbocycles. The molecule has 0 aromatic rings. The molecular weight excluding hydrogens is 98.1 g/mol. The van der Waals surface area contributed by atoms with E-state index in [0.29, 0.717) is 5.54 Å². The van der Waals surface area contributed by atoms with Gasteiger partial charge in [-0.3, -0.25) is 0 Å². The highest BCUT2D eigenvalue weighted by Crippen LogP contribution is 2.11. The van der Waals surface area contributed by atoms with Gasteiger partial charge in [-0.2, -0.15) is 0 Å². The van der Waals surface area contributed by atoms with Crippen LogP contribution in [0.5, 0.6) is 0 Å². The highest BCUT2D eigenvalue weighted by Gasteiger charge is 2.15. The zero-order chi connectivity index (χ0) is 6.04. The Morgan fingerprint density at radius 2 is 2.12 bits per heavy atom. The third kappa shape index (κ3) is 1.34. The highest BCUT2D eigenvalue weighted by molar-refractivity contribution is 4.98. The largest absolute Gasteiger partial charge is 0.308 e. The zero-order valence-electron chi connectivity index (χ0n) is 5.57. The Bertz CT molecular complexity index is 103. The molecule has 1 N–H and O–H groups in total. The molecule has 0 spiro atoms. The van der Waals surface area contributed by atoms with E-state index in [1.807, 2.05) is 0 Å². The first-order valence-electron chi connectivity index (χ1n) is 3.11. The third-order valence-electron chi connectivity index (χ3n) is 1.49. The van der Waals surface area contributed by atoms with Gasteiger partial charge in [0, 0.05) is 12.1 Å². The second-order valence-corrected chi connectivity index (χ2v) is 2.94. The van der Waals surface area contributed by atoms with Crippen molar-refractivity contribution < 1.29 is 0 Å². The van der Waals surface area contributed by atoms with Crippen molar-refractivity contribution in [3.8, 4) is 0 Å². The summed E-state index contributed by atoms with van der Waals surface area (Å²) >= 11 is 0. The Kier molecular flexibility index (Phi) is 1.39. The molecule has 8 heavy (non-hydrogen) atoms. The SMILES string of the molecule is CC1(C)CC=CCN1. The molecule has 0 saturated heterocycles.